The molecule has 1 aliphatic carbocycles. The van der Waals surface area contributed by atoms with Crippen molar-refractivity contribution in [2.24, 2.45) is 5.41 Å². The summed E-state index contributed by atoms with van der Waals surface area (Å²) in [5.41, 5.74) is -0.401. The van der Waals surface area contributed by atoms with Gasteiger partial charge < -0.3 is 15.4 Å². The number of benzene rings is 2. The van der Waals surface area contributed by atoms with Crippen molar-refractivity contribution >= 4 is 35.0 Å². The van der Waals surface area contributed by atoms with Crippen LogP contribution in [0.4, 0.5) is 8.78 Å². The molecular formula is C25H28Cl2F2N2O3. The van der Waals surface area contributed by atoms with E-state index in [4.69, 9.17) is 27.9 Å². The maximum atomic E-state index is 13.6. The summed E-state index contributed by atoms with van der Waals surface area (Å²) >= 11 is 11.4. The van der Waals surface area contributed by atoms with Gasteiger partial charge in [-0.2, -0.15) is 0 Å². The van der Waals surface area contributed by atoms with E-state index < -0.39 is 22.6 Å². The second kappa shape index (κ2) is 10.9. The Kier molecular flexibility index (Phi) is 8.42. The van der Waals surface area contributed by atoms with Gasteiger partial charge in [0, 0.05) is 23.6 Å². The highest BCUT2D eigenvalue weighted by molar-refractivity contribution is 6.31. The van der Waals surface area contributed by atoms with Crippen LogP contribution in [0.15, 0.2) is 36.4 Å². The standard InChI is InChI=1S/C25H28Cl2F2N2O3/c1-3-25(31-22(32)15-34-17-5-7-19(27)21(29)13-17)10-8-24(2,9-11-25)23(33)30-14-16-4-6-18(26)20(28)12-16/h4-7,12-13H,3,8-11,14-15H2,1-2H3,(H,30,33)(H,31,32). The van der Waals surface area contributed by atoms with Gasteiger partial charge in [0.15, 0.2) is 6.61 Å². The summed E-state index contributed by atoms with van der Waals surface area (Å²) in [6, 6.07) is 8.45. The van der Waals surface area contributed by atoms with Crippen molar-refractivity contribution in [1.29, 1.82) is 0 Å². The van der Waals surface area contributed by atoms with E-state index in [1.807, 2.05) is 13.8 Å². The average molecular weight is 513 g/mol. The molecule has 0 aliphatic heterocycles. The Morgan fingerprint density at radius 1 is 1.00 bits per heavy atom. The first-order chi connectivity index (χ1) is 16.1. The molecule has 34 heavy (non-hydrogen) atoms. The van der Waals surface area contributed by atoms with Crippen molar-refractivity contribution in [3.05, 3.63) is 63.6 Å². The van der Waals surface area contributed by atoms with Crippen LogP contribution in [0.1, 0.15) is 51.5 Å². The van der Waals surface area contributed by atoms with Gasteiger partial charge in [0.1, 0.15) is 17.4 Å². The number of amides is 2. The first kappa shape index (κ1) is 26.2. The van der Waals surface area contributed by atoms with Crippen LogP contribution in [0.25, 0.3) is 0 Å². The summed E-state index contributed by atoms with van der Waals surface area (Å²) in [5, 5.41) is 5.97. The lowest BCUT2D eigenvalue weighted by atomic mass is 9.67. The lowest BCUT2D eigenvalue weighted by Gasteiger charge is -2.44. The maximum Gasteiger partial charge on any atom is 0.258 e. The van der Waals surface area contributed by atoms with Crippen LogP contribution in [0.3, 0.4) is 0 Å². The second-order valence-corrected chi connectivity index (χ2v) is 9.85. The maximum absolute atomic E-state index is 13.6. The van der Waals surface area contributed by atoms with Gasteiger partial charge in [-0.3, -0.25) is 9.59 Å². The van der Waals surface area contributed by atoms with Gasteiger partial charge in [-0.25, -0.2) is 8.78 Å². The fourth-order valence-electron chi connectivity index (χ4n) is 4.17. The third-order valence-electron chi connectivity index (χ3n) is 6.64. The highest BCUT2D eigenvalue weighted by Gasteiger charge is 2.44. The van der Waals surface area contributed by atoms with Crippen molar-refractivity contribution in [1.82, 2.24) is 10.6 Å². The van der Waals surface area contributed by atoms with Crippen LogP contribution in [-0.2, 0) is 16.1 Å². The molecule has 1 fully saturated rings. The lowest BCUT2D eigenvalue weighted by Crippen LogP contribution is -2.54. The second-order valence-electron chi connectivity index (χ2n) is 9.04. The summed E-state index contributed by atoms with van der Waals surface area (Å²) < 4.78 is 32.6. The van der Waals surface area contributed by atoms with E-state index in [9.17, 15) is 18.4 Å². The topological polar surface area (TPSA) is 67.4 Å². The minimum Gasteiger partial charge on any atom is -0.484 e. The van der Waals surface area contributed by atoms with E-state index >= 15 is 0 Å². The highest BCUT2D eigenvalue weighted by atomic mass is 35.5. The molecule has 9 heteroatoms. The first-order valence-corrected chi connectivity index (χ1v) is 11.9. The van der Waals surface area contributed by atoms with Crippen LogP contribution in [0, 0.1) is 17.0 Å². The number of ether oxygens (including phenoxy) is 1. The van der Waals surface area contributed by atoms with Gasteiger partial charge in [0.05, 0.1) is 10.0 Å². The van der Waals surface area contributed by atoms with E-state index in [0.717, 1.165) is 6.07 Å². The molecule has 0 spiro atoms. The lowest BCUT2D eigenvalue weighted by molar-refractivity contribution is -0.133. The highest BCUT2D eigenvalue weighted by Crippen LogP contribution is 2.42. The quantitative estimate of drug-likeness (QED) is 0.468. The molecular weight excluding hydrogens is 485 g/mol. The molecule has 0 radical (unpaired) electrons. The molecule has 0 unspecified atom stereocenters. The Balaban J connectivity index is 1.52. The van der Waals surface area contributed by atoms with Crippen molar-refractivity contribution in [2.75, 3.05) is 6.61 Å². The monoisotopic (exact) mass is 512 g/mol. The molecule has 0 bridgehead atoms. The van der Waals surface area contributed by atoms with Crippen LogP contribution in [0.2, 0.25) is 10.0 Å². The molecule has 3 rings (SSSR count). The van der Waals surface area contributed by atoms with E-state index in [2.05, 4.69) is 10.6 Å². The predicted molar refractivity (Wildman–Crippen MR) is 128 cm³/mol. The Labute approximate surface area is 208 Å². The minimum absolute atomic E-state index is 0.0173. The number of rotatable bonds is 8. The zero-order valence-electron chi connectivity index (χ0n) is 19.2. The molecule has 0 heterocycles. The van der Waals surface area contributed by atoms with Gasteiger partial charge in [0.2, 0.25) is 5.91 Å². The van der Waals surface area contributed by atoms with Gasteiger partial charge in [-0.05, 0) is 61.9 Å². The number of carbonyl (C=O) groups excluding carboxylic acids is 2. The van der Waals surface area contributed by atoms with Crippen LogP contribution >= 0.6 is 23.2 Å². The third kappa shape index (κ3) is 6.39. The van der Waals surface area contributed by atoms with Gasteiger partial charge in [-0.15, -0.1) is 0 Å². The number of nitrogens with one attached hydrogen (secondary N) is 2. The summed E-state index contributed by atoms with van der Waals surface area (Å²) in [7, 11) is 0. The Morgan fingerprint density at radius 3 is 2.21 bits per heavy atom. The summed E-state index contributed by atoms with van der Waals surface area (Å²) in [5.74, 6) is -1.33. The minimum atomic E-state index is -0.615. The Morgan fingerprint density at radius 2 is 1.62 bits per heavy atom. The zero-order valence-corrected chi connectivity index (χ0v) is 20.7. The first-order valence-electron chi connectivity index (χ1n) is 11.2. The summed E-state index contributed by atoms with van der Waals surface area (Å²) in [6.45, 7) is 3.86. The van der Waals surface area contributed by atoms with Crippen LogP contribution < -0.4 is 15.4 Å². The average Bonchev–Trinajstić information content (AvgIpc) is 2.82. The molecule has 2 aromatic rings. The normalized spacial score (nSPS) is 22.2. The molecule has 5 nitrogen and oxygen atoms in total. The van der Waals surface area contributed by atoms with Crippen molar-refractivity contribution in [3.63, 3.8) is 0 Å². The SMILES string of the molecule is CCC1(NC(=O)COc2ccc(Cl)c(F)c2)CCC(C)(C(=O)NCc2ccc(Cl)c(F)c2)CC1. The number of hydrogen-bond acceptors (Lipinski definition) is 3. The predicted octanol–water partition coefficient (Wildman–Crippen LogP) is 5.81. The fraction of sp³-hybridized carbons (Fsp3) is 0.440. The molecule has 2 amide bonds. The van der Waals surface area contributed by atoms with Crippen molar-refractivity contribution < 1.29 is 23.1 Å². The van der Waals surface area contributed by atoms with Crippen LogP contribution in [0.5, 0.6) is 5.75 Å². The van der Waals surface area contributed by atoms with Gasteiger partial charge >= 0.3 is 0 Å². The third-order valence-corrected chi connectivity index (χ3v) is 7.25. The number of carbonyl (C=O) groups is 2. The Bertz CT molecular complexity index is 1060. The van der Waals surface area contributed by atoms with Gasteiger partial charge in [0.25, 0.3) is 5.91 Å². The van der Waals surface area contributed by atoms with Crippen molar-refractivity contribution in [3.8, 4) is 5.75 Å². The fourth-order valence-corrected chi connectivity index (χ4v) is 4.40. The molecule has 0 atom stereocenters. The van der Waals surface area contributed by atoms with Crippen molar-refractivity contribution in [2.45, 2.75) is 58.0 Å². The molecule has 0 aromatic heterocycles. The molecule has 2 N–H and O–H groups in total. The molecule has 0 saturated heterocycles. The molecule has 1 saturated carbocycles. The molecule has 2 aromatic carbocycles. The van der Waals surface area contributed by atoms with E-state index in [1.165, 1.54) is 24.3 Å². The molecule has 184 valence electrons. The van der Waals surface area contributed by atoms with Gasteiger partial charge in [-0.1, -0.05) is 43.1 Å². The molecule has 1 aliphatic rings. The van der Waals surface area contributed by atoms with E-state index in [-0.39, 0.29) is 40.8 Å². The Hall–Kier alpha value is -2.38. The summed E-state index contributed by atoms with van der Waals surface area (Å²) in [4.78, 5) is 25.4. The number of halogens is 4. The van der Waals surface area contributed by atoms with Crippen LogP contribution in [-0.4, -0.2) is 24.0 Å². The van der Waals surface area contributed by atoms with E-state index in [1.54, 1.807) is 6.07 Å². The zero-order chi connectivity index (χ0) is 24.9. The number of hydrogen-bond donors (Lipinski definition) is 2. The smallest absolute Gasteiger partial charge is 0.258 e. The largest absolute Gasteiger partial charge is 0.484 e. The van der Waals surface area contributed by atoms with E-state index in [0.29, 0.717) is 37.7 Å². The summed E-state index contributed by atoms with van der Waals surface area (Å²) in [6.07, 6.45) is 3.14.